The van der Waals surface area contributed by atoms with Crippen molar-refractivity contribution in [3.05, 3.63) is 11.7 Å². The second-order valence-corrected chi connectivity index (χ2v) is 6.28. The fourth-order valence-corrected chi connectivity index (χ4v) is 2.20. The van der Waals surface area contributed by atoms with Crippen LogP contribution < -0.4 is 10.6 Å². The van der Waals surface area contributed by atoms with Gasteiger partial charge in [0.2, 0.25) is 17.7 Å². The minimum absolute atomic E-state index is 0.384. The SMILES string of the molecule is CC(Nc1nc(N[C@H](C)C(F)(F)F)nc(C2=C(F)C(=O)[C@H](F)CC2)n1)C(F)(F)F. The highest BCUT2D eigenvalue weighted by Crippen LogP contribution is 2.32. The first-order chi connectivity index (χ1) is 13.2. The molecule has 14 heteroatoms. The molecule has 0 saturated heterocycles. The molecule has 2 N–H and O–H groups in total. The first kappa shape index (κ1) is 22.7. The number of alkyl halides is 7. The van der Waals surface area contributed by atoms with Crippen molar-refractivity contribution in [2.24, 2.45) is 0 Å². The van der Waals surface area contributed by atoms with Crippen molar-refractivity contribution in [1.82, 2.24) is 15.0 Å². The topological polar surface area (TPSA) is 79.8 Å². The van der Waals surface area contributed by atoms with Crippen molar-refractivity contribution < 1.29 is 39.9 Å². The number of carbonyl (C=O) groups excluding carboxylic acids is 1. The van der Waals surface area contributed by atoms with Gasteiger partial charge in [0.05, 0.1) is 0 Å². The van der Waals surface area contributed by atoms with Crippen LogP contribution in [0.2, 0.25) is 0 Å². The first-order valence-corrected chi connectivity index (χ1v) is 8.20. The molecule has 0 saturated carbocycles. The average Bonchev–Trinajstić information content (AvgIpc) is 2.58. The molecule has 3 atom stereocenters. The molecule has 0 amide bonds. The number of hydrogen-bond donors (Lipinski definition) is 2. The second kappa shape index (κ2) is 8.06. The molecule has 162 valence electrons. The summed E-state index contributed by atoms with van der Waals surface area (Å²) in [5.74, 6) is -5.31. The lowest BCUT2D eigenvalue weighted by Gasteiger charge is -2.21. The summed E-state index contributed by atoms with van der Waals surface area (Å²) in [5, 5.41) is 3.67. The first-order valence-electron chi connectivity index (χ1n) is 8.20. The number of anilines is 2. The van der Waals surface area contributed by atoms with E-state index in [0.717, 1.165) is 0 Å². The third-order valence-electron chi connectivity index (χ3n) is 3.99. The fourth-order valence-electron chi connectivity index (χ4n) is 2.20. The van der Waals surface area contributed by atoms with Crippen LogP contribution in [-0.2, 0) is 4.79 Å². The van der Waals surface area contributed by atoms with Crippen molar-refractivity contribution in [3.8, 4) is 0 Å². The maximum atomic E-state index is 14.1. The van der Waals surface area contributed by atoms with Gasteiger partial charge in [0, 0.05) is 5.57 Å². The number of nitrogens with one attached hydrogen (secondary N) is 2. The van der Waals surface area contributed by atoms with Crippen molar-refractivity contribution in [2.75, 3.05) is 10.6 Å². The molecule has 2 rings (SSSR count). The van der Waals surface area contributed by atoms with Gasteiger partial charge >= 0.3 is 12.4 Å². The van der Waals surface area contributed by atoms with Crippen LogP contribution in [0.5, 0.6) is 0 Å². The smallest absolute Gasteiger partial charge is 0.343 e. The van der Waals surface area contributed by atoms with E-state index in [4.69, 9.17) is 0 Å². The normalized spacial score (nSPS) is 20.5. The van der Waals surface area contributed by atoms with E-state index in [1.54, 1.807) is 0 Å². The number of nitrogens with zero attached hydrogens (tertiary/aromatic N) is 3. The van der Waals surface area contributed by atoms with Gasteiger partial charge in [-0.1, -0.05) is 0 Å². The highest BCUT2D eigenvalue weighted by molar-refractivity contribution is 6.04. The molecule has 1 aliphatic carbocycles. The van der Waals surface area contributed by atoms with Crippen LogP contribution in [0.1, 0.15) is 32.5 Å². The van der Waals surface area contributed by atoms with Gasteiger partial charge in [0.25, 0.3) is 0 Å². The molecule has 6 nitrogen and oxygen atoms in total. The Hall–Kier alpha value is -2.54. The Morgan fingerprint density at radius 3 is 1.79 bits per heavy atom. The van der Waals surface area contributed by atoms with Crippen molar-refractivity contribution in [3.63, 3.8) is 0 Å². The van der Waals surface area contributed by atoms with Gasteiger partial charge in [0.1, 0.15) is 12.1 Å². The maximum Gasteiger partial charge on any atom is 0.408 e. The number of hydrogen-bond acceptors (Lipinski definition) is 6. The lowest BCUT2D eigenvalue weighted by atomic mass is 9.95. The van der Waals surface area contributed by atoms with E-state index in [-0.39, 0.29) is 6.42 Å². The highest BCUT2D eigenvalue weighted by Gasteiger charge is 2.39. The number of aromatic nitrogens is 3. The summed E-state index contributed by atoms with van der Waals surface area (Å²) in [5.41, 5.74) is -0.531. The lowest BCUT2D eigenvalue weighted by Crippen LogP contribution is -2.35. The molecule has 0 bridgehead atoms. The molecule has 29 heavy (non-hydrogen) atoms. The van der Waals surface area contributed by atoms with Crippen molar-refractivity contribution in [2.45, 2.75) is 57.3 Å². The summed E-state index contributed by atoms with van der Waals surface area (Å²) in [6, 6.07) is -4.40. The van der Waals surface area contributed by atoms with Crippen LogP contribution in [0.3, 0.4) is 0 Å². The summed E-state index contributed by atoms with van der Waals surface area (Å²) >= 11 is 0. The third-order valence-corrected chi connectivity index (χ3v) is 3.99. The van der Waals surface area contributed by atoms with Crippen LogP contribution in [0.4, 0.5) is 47.0 Å². The Labute approximate surface area is 158 Å². The zero-order valence-corrected chi connectivity index (χ0v) is 14.9. The molecule has 0 spiro atoms. The Balaban J connectivity index is 2.48. The quantitative estimate of drug-likeness (QED) is 0.684. The molecular weight excluding hydrogens is 418 g/mol. The van der Waals surface area contributed by atoms with E-state index >= 15 is 0 Å². The zero-order valence-electron chi connectivity index (χ0n) is 14.9. The van der Waals surface area contributed by atoms with Crippen LogP contribution in [0.15, 0.2) is 5.83 Å². The van der Waals surface area contributed by atoms with Gasteiger partial charge in [-0.3, -0.25) is 4.79 Å². The van der Waals surface area contributed by atoms with Crippen molar-refractivity contribution >= 4 is 23.3 Å². The van der Waals surface area contributed by atoms with E-state index in [0.29, 0.717) is 13.8 Å². The molecule has 0 aromatic carbocycles. The molecule has 1 aliphatic rings. The predicted molar refractivity (Wildman–Crippen MR) is 85.3 cm³/mol. The molecule has 1 aromatic heterocycles. The van der Waals surface area contributed by atoms with Crippen LogP contribution in [0, 0.1) is 0 Å². The summed E-state index contributed by atoms with van der Waals surface area (Å²) in [4.78, 5) is 22.1. The van der Waals surface area contributed by atoms with Gasteiger partial charge in [0.15, 0.2) is 17.8 Å². The number of halogens is 8. The van der Waals surface area contributed by atoms with Crippen LogP contribution in [-0.4, -0.2) is 51.3 Å². The van der Waals surface area contributed by atoms with Gasteiger partial charge in [-0.05, 0) is 26.7 Å². The zero-order chi connectivity index (χ0) is 22.1. The minimum atomic E-state index is -4.74. The third kappa shape index (κ3) is 5.50. The molecule has 0 fully saturated rings. The van der Waals surface area contributed by atoms with Gasteiger partial charge < -0.3 is 10.6 Å². The Bertz CT molecular complexity index is 767. The van der Waals surface area contributed by atoms with Gasteiger partial charge in [-0.25, -0.2) is 8.78 Å². The van der Waals surface area contributed by atoms with Gasteiger partial charge in [-0.15, -0.1) is 0 Å². The number of carbonyl (C=O) groups is 1. The Morgan fingerprint density at radius 1 is 0.931 bits per heavy atom. The minimum Gasteiger partial charge on any atom is -0.343 e. The average molecular weight is 433 g/mol. The van der Waals surface area contributed by atoms with E-state index in [2.05, 4.69) is 15.0 Å². The number of allylic oxidation sites excluding steroid dienone is 2. The molecular formula is C15H15F8N5O. The molecule has 1 heterocycles. The Morgan fingerprint density at radius 2 is 1.38 bits per heavy atom. The molecule has 0 aliphatic heterocycles. The number of rotatable bonds is 5. The van der Waals surface area contributed by atoms with Crippen molar-refractivity contribution in [1.29, 1.82) is 0 Å². The lowest BCUT2D eigenvalue weighted by molar-refractivity contribution is -0.139. The molecule has 1 aromatic rings. The van der Waals surface area contributed by atoms with E-state index in [9.17, 15) is 39.9 Å². The summed E-state index contributed by atoms with van der Waals surface area (Å²) in [6.07, 6.45) is -12.4. The standard InChI is InChI=1S/C15H15F8N5O/c1-5(14(18,19)20)24-12-26-11(7-3-4-8(16)10(29)9(7)17)27-13(28-12)25-6(2)15(21,22)23/h5-6,8H,3-4H2,1-2H3,(H2,24,25,26,27,28)/t5-,6?,8-/m1/s1. The maximum absolute atomic E-state index is 14.1. The van der Waals surface area contributed by atoms with E-state index < -0.39 is 71.9 Å². The predicted octanol–water partition coefficient (Wildman–Crippen LogP) is 3.98. The van der Waals surface area contributed by atoms with Gasteiger partial charge in [-0.2, -0.15) is 41.3 Å². The number of Topliss-reactive ketones (excluding diaryl/α,β-unsaturated/α-hetero) is 1. The monoisotopic (exact) mass is 433 g/mol. The Kier molecular flexibility index (Phi) is 6.33. The van der Waals surface area contributed by atoms with Crippen LogP contribution >= 0.6 is 0 Å². The molecule has 1 unspecified atom stereocenters. The fraction of sp³-hybridized carbons (Fsp3) is 0.600. The number of ketones is 1. The molecule has 0 radical (unpaired) electrons. The second-order valence-electron chi connectivity index (χ2n) is 6.28. The summed E-state index contributed by atoms with van der Waals surface area (Å²) in [6.45, 7) is 1.40. The largest absolute Gasteiger partial charge is 0.408 e. The summed E-state index contributed by atoms with van der Waals surface area (Å²) in [7, 11) is 0. The van der Waals surface area contributed by atoms with E-state index in [1.165, 1.54) is 0 Å². The van der Waals surface area contributed by atoms with E-state index in [1.807, 2.05) is 10.6 Å². The highest BCUT2D eigenvalue weighted by atomic mass is 19.4. The van der Waals surface area contributed by atoms with Crippen LogP contribution in [0.25, 0.3) is 5.57 Å². The summed E-state index contributed by atoms with van der Waals surface area (Å²) < 4.78 is 104.